The number of likely N-dealkylation sites (tertiary alicyclic amines) is 1. The van der Waals surface area contributed by atoms with E-state index >= 15 is 0 Å². The molecule has 2 heterocycles. The summed E-state index contributed by atoms with van der Waals surface area (Å²) in [5, 5.41) is 20.9. The second-order valence-electron chi connectivity index (χ2n) is 6.00. The maximum Gasteiger partial charge on any atom is 0.275 e. The zero-order valence-corrected chi connectivity index (χ0v) is 14.0. The summed E-state index contributed by atoms with van der Waals surface area (Å²) in [6, 6.07) is 7.30. The third kappa shape index (κ3) is 3.92. The number of amides is 1. The lowest BCUT2D eigenvalue weighted by molar-refractivity contribution is 0.0407. The number of aryl methyl sites for hydroxylation is 1. The SMILES string of the molecule is Cc1nonc1C(=O)N[C@@H]1CN(Cc2cccc(Cl)c2)CC[C@@H]1O. The van der Waals surface area contributed by atoms with E-state index in [1.54, 1.807) is 6.92 Å². The van der Waals surface area contributed by atoms with Crippen LogP contribution in [0.25, 0.3) is 0 Å². The molecule has 1 aliphatic rings. The van der Waals surface area contributed by atoms with E-state index in [0.29, 0.717) is 30.2 Å². The molecule has 1 aliphatic heterocycles. The molecule has 1 aromatic carbocycles. The van der Waals surface area contributed by atoms with Gasteiger partial charge in [0.25, 0.3) is 5.91 Å². The van der Waals surface area contributed by atoms with Crippen LogP contribution in [-0.2, 0) is 6.54 Å². The second-order valence-corrected chi connectivity index (χ2v) is 6.44. The first kappa shape index (κ1) is 16.9. The van der Waals surface area contributed by atoms with Crippen molar-refractivity contribution in [2.75, 3.05) is 13.1 Å². The number of aromatic nitrogens is 2. The van der Waals surface area contributed by atoms with Crippen LogP contribution in [0.3, 0.4) is 0 Å². The Morgan fingerprint density at radius 2 is 2.33 bits per heavy atom. The van der Waals surface area contributed by atoms with Gasteiger partial charge in [-0.3, -0.25) is 9.69 Å². The maximum atomic E-state index is 12.2. The van der Waals surface area contributed by atoms with Gasteiger partial charge in [0.2, 0.25) is 0 Å². The molecule has 7 nitrogen and oxygen atoms in total. The molecule has 1 fully saturated rings. The first-order valence-electron chi connectivity index (χ1n) is 7.78. The molecule has 1 amide bonds. The van der Waals surface area contributed by atoms with Gasteiger partial charge in [-0.05, 0) is 36.2 Å². The summed E-state index contributed by atoms with van der Waals surface area (Å²) >= 11 is 6.02. The van der Waals surface area contributed by atoms with Gasteiger partial charge >= 0.3 is 0 Å². The van der Waals surface area contributed by atoms with E-state index in [9.17, 15) is 9.90 Å². The van der Waals surface area contributed by atoms with Crippen LogP contribution in [-0.4, -0.2) is 51.5 Å². The highest BCUT2D eigenvalue weighted by molar-refractivity contribution is 6.30. The minimum Gasteiger partial charge on any atom is -0.391 e. The van der Waals surface area contributed by atoms with Crippen molar-refractivity contribution in [3.63, 3.8) is 0 Å². The van der Waals surface area contributed by atoms with Crippen molar-refractivity contribution < 1.29 is 14.5 Å². The number of piperidine rings is 1. The van der Waals surface area contributed by atoms with Crippen LogP contribution in [0.1, 0.15) is 28.2 Å². The number of hydrogen-bond donors (Lipinski definition) is 2. The quantitative estimate of drug-likeness (QED) is 0.866. The lowest BCUT2D eigenvalue weighted by Gasteiger charge is -2.36. The lowest BCUT2D eigenvalue weighted by Crippen LogP contribution is -2.55. The number of benzene rings is 1. The maximum absolute atomic E-state index is 12.2. The predicted molar refractivity (Wildman–Crippen MR) is 87.6 cm³/mol. The predicted octanol–water partition coefficient (Wildman–Crippen LogP) is 1.40. The molecule has 2 aromatic rings. The Balaban J connectivity index is 1.63. The first-order valence-corrected chi connectivity index (χ1v) is 8.15. The van der Waals surface area contributed by atoms with E-state index < -0.39 is 6.10 Å². The van der Waals surface area contributed by atoms with Gasteiger partial charge in [0, 0.05) is 24.7 Å². The third-order valence-electron chi connectivity index (χ3n) is 4.14. The summed E-state index contributed by atoms with van der Waals surface area (Å²) in [5.41, 5.74) is 1.67. The van der Waals surface area contributed by atoms with E-state index in [1.807, 2.05) is 24.3 Å². The number of rotatable bonds is 4. The molecule has 0 aliphatic carbocycles. The van der Waals surface area contributed by atoms with Crippen LogP contribution in [0, 0.1) is 6.92 Å². The minimum atomic E-state index is -0.593. The fourth-order valence-electron chi connectivity index (χ4n) is 2.86. The molecule has 3 rings (SSSR count). The highest BCUT2D eigenvalue weighted by Gasteiger charge is 2.30. The van der Waals surface area contributed by atoms with Crippen LogP contribution in [0.4, 0.5) is 0 Å². The smallest absolute Gasteiger partial charge is 0.275 e. The van der Waals surface area contributed by atoms with Crippen LogP contribution in [0.5, 0.6) is 0 Å². The molecular weight excluding hydrogens is 332 g/mol. The van der Waals surface area contributed by atoms with Crippen molar-refractivity contribution >= 4 is 17.5 Å². The van der Waals surface area contributed by atoms with Gasteiger partial charge in [-0.2, -0.15) is 0 Å². The number of nitrogens with zero attached hydrogens (tertiary/aromatic N) is 3. The van der Waals surface area contributed by atoms with E-state index in [1.165, 1.54) is 0 Å². The van der Waals surface area contributed by atoms with Crippen molar-refractivity contribution in [2.45, 2.75) is 32.0 Å². The molecule has 0 radical (unpaired) electrons. The van der Waals surface area contributed by atoms with Gasteiger partial charge in [0.05, 0.1) is 12.1 Å². The topological polar surface area (TPSA) is 91.5 Å². The molecule has 128 valence electrons. The summed E-state index contributed by atoms with van der Waals surface area (Å²) in [7, 11) is 0. The molecular formula is C16H19ClN4O3. The van der Waals surface area contributed by atoms with E-state index in [2.05, 4.69) is 25.2 Å². The van der Waals surface area contributed by atoms with Gasteiger partial charge in [-0.25, -0.2) is 4.63 Å². The molecule has 0 bridgehead atoms. The van der Waals surface area contributed by atoms with Crippen molar-refractivity contribution in [2.24, 2.45) is 0 Å². The lowest BCUT2D eigenvalue weighted by atomic mass is 10.0. The Morgan fingerprint density at radius 3 is 3.04 bits per heavy atom. The van der Waals surface area contributed by atoms with Crippen molar-refractivity contribution in [3.8, 4) is 0 Å². The van der Waals surface area contributed by atoms with Crippen LogP contribution in [0.15, 0.2) is 28.9 Å². The summed E-state index contributed by atoms with van der Waals surface area (Å²) in [6.45, 7) is 3.66. The zero-order chi connectivity index (χ0) is 17.1. The second kappa shape index (κ2) is 7.29. The van der Waals surface area contributed by atoms with Crippen molar-refractivity contribution in [1.82, 2.24) is 20.5 Å². The molecule has 2 atom stereocenters. The fraction of sp³-hybridized carbons (Fsp3) is 0.438. The zero-order valence-electron chi connectivity index (χ0n) is 13.3. The normalized spacial score (nSPS) is 21.6. The number of carbonyl (C=O) groups excluding carboxylic acids is 1. The number of halogens is 1. The summed E-state index contributed by atoms with van der Waals surface area (Å²) < 4.78 is 4.55. The number of nitrogens with one attached hydrogen (secondary N) is 1. The van der Waals surface area contributed by atoms with E-state index in [-0.39, 0.29) is 17.6 Å². The van der Waals surface area contributed by atoms with Crippen LogP contribution in [0.2, 0.25) is 5.02 Å². The largest absolute Gasteiger partial charge is 0.391 e. The fourth-order valence-corrected chi connectivity index (χ4v) is 3.07. The standard InChI is InChI=1S/C16H19ClN4O3/c1-10-15(20-24-19-10)16(23)18-13-9-21(6-5-14(13)22)8-11-3-2-4-12(17)7-11/h2-4,7,13-14,22H,5-6,8-9H2,1H3,(H,18,23)/t13-,14+/m1/s1. The molecule has 0 unspecified atom stereocenters. The molecule has 1 aromatic heterocycles. The Hall–Kier alpha value is -1.96. The molecule has 0 saturated carbocycles. The Bertz CT molecular complexity index is 721. The van der Waals surface area contributed by atoms with Gasteiger partial charge < -0.3 is 10.4 Å². The highest BCUT2D eigenvalue weighted by atomic mass is 35.5. The van der Waals surface area contributed by atoms with Gasteiger partial charge in [0.1, 0.15) is 5.69 Å². The Labute approximate surface area is 144 Å². The van der Waals surface area contributed by atoms with Crippen molar-refractivity contribution in [1.29, 1.82) is 0 Å². The van der Waals surface area contributed by atoms with Gasteiger partial charge in [-0.1, -0.05) is 28.9 Å². The van der Waals surface area contributed by atoms with Crippen LogP contribution < -0.4 is 5.32 Å². The average molecular weight is 351 g/mol. The monoisotopic (exact) mass is 350 g/mol. The average Bonchev–Trinajstić information content (AvgIpc) is 2.97. The summed E-state index contributed by atoms with van der Waals surface area (Å²) in [4.78, 5) is 14.4. The number of aliphatic hydroxyl groups is 1. The summed E-state index contributed by atoms with van der Waals surface area (Å²) in [6.07, 6.45) is -0.00796. The first-order chi connectivity index (χ1) is 11.5. The Morgan fingerprint density at radius 1 is 1.50 bits per heavy atom. The minimum absolute atomic E-state index is 0.147. The number of carbonyl (C=O) groups is 1. The number of hydrogen-bond acceptors (Lipinski definition) is 6. The molecule has 0 spiro atoms. The van der Waals surface area contributed by atoms with Crippen molar-refractivity contribution in [3.05, 3.63) is 46.2 Å². The molecule has 24 heavy (non-hydrogen) atoms. The van der Waals surface area contributed by atoms with E-state index in [4.69, 9.17) is 11.6 Å². The third-order valence-corrected chi connectivity index (χ3v) is 4.37. The summed E-state index contributed by atoms with van der Waals surface area (Å²) in [5.74, 6) is -0.387. The highest BCUT2D eigenvalue weighted by Crippen LogP contribution is 2.17. The molecule has 2 N–H and O–H groups in total. The van der Waals surface area contributed by atoms with Gasteiger partial charge in [0.15, 0.2) is 5.69 Å². The van der Waals surface area contributed by atoms with Gasteiger partial charge in [-0.15, -0.1) is 0 Å². The van der Waals surface area contributed by atoms with Crippen LogP contribution >= 0.6 is 11.6 Å². The Kier molecular flexibility index (Phi) is 5.13. The molecule has 8 heteroatoms. The number of aliphatic hydroxyl groups excluding tert-OH is 1. The molecule has 1 saturated heterocycles. The van der Waals surface area contributed by atoms with E-state index in [0.717, 1.165) is 12.1 Å².